The van der Waals surface area contributed by atoms with Crippen LogP contribution >= 0.6 is 0 Å². The molecule has 0 aliphatic heterocycles. The van der Waals surface area contributed by atoms with E-state index in [2.05, 4.69) is 4.74 Å². The first kappa shape index (κ1) is 15.7. The molecular formula is C10H15F3N2O2. The Kier molecular flexibility index (Phi) is 6.58. The third-order valence-electron chi connectivity index (χ3n) is 2.30. The minimum Gasteiger partial charge on any atom is -0.469 e. The van der Waals surface area contributed by atoms with E-state index in [0.29, 0.717) is 6.54 Å². The highest BCUT2D eigenvalue weighted by molar-refractivity contribution is 5.69. The van der Waals surface area contributed by atoms with Gasteiger partial charge in [0, 0.05) is 13.1 Å². The molecule has 1 unspecified atom stereocenters. The van der Waals surface area contributed by atoms with E-state index in [4.69, 9.17) is 5.26 Å². The Bertz CT molecular complexity index is 286. The highest BCUT2D eigenvalue weighted by Gasteiger charge is 2.40. The summed E-state index contributed by atoms with van der Waals surface area (Å²) in [6.07, 6.45) is -4.52. The predicted octanol–water partition coefficient (Wildman–Crippen LogP) is 1.57. The lowest BCUT2D eigenvalue weighted by atomic mass is 10.1. The standard InChI is InChI=1S/C10H15F3N2O2/c1-3-15(5-4-9(16)17-2)7-8(6-14)10(11,12)13/h8H,3-5,7H2,1-2H3. The van der Waals surface area contributed by atoms with Gasteiger partial charge in [0.1, 0.15) is 0 Å². The molecule has 0 saturated heterocycles. The summed E-state index contributed by atoms with van der Waals surface area (Å²) < 4.78 is 41.4. The molecule has 0 amide bonds. The fraction of sp³-hybridized carbons (Fsp3) is 0.800. The topological polar surface area (TPSA) is 53.3 Å². The molecule has 4 nitrogen and oxygen atoms in total. The lowest BCUT2D eigenvalue weighted by molar-refractivity contribution is -0.163. The van der Waals surface area contributed by atoms with Crippen LogP contribution in [-0.2, 0) is 9.53 Å². The Balaban J connectivity index is 4.30. The third kappa shape index (κ3) is 6.12. The molecule has 0 heterocycles. The molecule has 7 heteroatoms. The van der Waals surface area contributed by atoms with Gasteiger partial charge in [-0.1, -0.05) is 6.92 Å². The molecule has 1 atom stereocenters. The number of methoxy groups -OCH3 is 1. The molecule has 0 bridgehead atoms. The van der Waals surface area contributed by atoms with Crippen LogP contribution in [0.25, 0.3) is 0 Å². The van der Waals surface area contributed by atoms with Crippen LogP contribution in [-0.4, -0.2) is 43.8 Å². The number of carbonyl (C=O) groups is 1. The lowest BCUT2D eigenvalue weighted by Crippen LogP contribution is -2.37. The summed E-state index contributed by atoms with van der Waals surface area (Å²) in [5.41, 5.74) is 0. The Morgan fingerprint density at radius 1 is 1.53 bits per heavy atom. The summed E-state index contributed by atoms with van der Waals surface area (Å²) in [7, 11) is 1.21. The Morgan fingerprint density at radius 3 is 2.47 bits per heavy atom. The Morgan fingerprint density at radius 2 is 2.12 bits per heavy atom. The van der Waals surface area contributed by atoms with E-state index in [9.17, 15) is 18.0 Å². The smallest absolute Gasteiger partial charge is 0.405 e. The van der Waals surface area contributed by atoms with E-state index < -0.39 is 24.6 Å². The number of esters is 1. The summed E-state index contributed by atoms with van der Waals surface area (Å²) >= 11 is 0. The molecular weight excluding hydrogens is 237 g/mol. The maximum Gasteiger partial charge on any atom is 0.405 e. The fourth-order valence-corrected chi connectivity index (χ4v) is 1.21. The number of alkyl halides is 3. The highest BCUT2D eigenvalue weighted by atomic mass is 19.4. The van der Waals surface area contributed by atoms with Crippen LogP contribution in [0.2, 0.25) is 0 Å². The van der Waals surface area contributed by atoms with Crippen molar-refractivity contribution < 1.29 is 22.7 Å². The summed E-state index contributed by atoms with van der Waals surface area (Å²) in [6.45, 7) is 1.73. The van der Waals surface area contributed by atoms with Crippen molar-refractivity contribution in [1.29, 1.82) is 5.26 Å². The zero-order valence-electron chi connectivity index (χ0n) is 9.75. The monoisotopic (exact) mass is 252 g/mol. The summed E-state index contributed by atoms with van der Waals surface area (Å²) in [4.78, 5) is 12.2. The zero-order chi connectivity index (χ0) is 13.5. The maximum atomic E-state index is 12.3. The van der Waals surface area contributed by atoms with Crippen molar-refractivity contribution >= 4 is 5.97 Å². The molecule has 0 spiro atoms. The average Bonchev–Trinajstić information content (AvgIpc) is 2.27. The van der Waals surface area contributed by atoms with Gasteiger partial charge in [0.05, 0.1) is 19.6 Å². The first-order chi connectivity index (χ1) is 7.85. The molecule has 0 aromatic carbocycles. The first-order valence-corrected chi connectivity index (χ1v) is 5.10. The number of hydrogen-bond acceptors (Lipinski definition) is 4. The van der Waals surface area contributed by atoms with Gasteiger partial charge in [0.25, 0.3) is 0 Å². The summed E-state index contributed by atoms with van der Waals surface area (Å²) in [5, 5.41) is 8.44. The summed E-state index contributed by atoms with van der Waals surface area (Å²) in [6, 6.07) is 1.23. The number of ether oxygens (including phenoxy) is 1. The predicted molar refractivity (Wildman–Crippen MR) is 53.9 cm³/mol. The van der Waals surface area contributed by atoms with Crippen LogP contribution in [0.1, 0.15) is 13.3 Å². The van der Waals surface area contributed by atoms with Gasteiger partial charge in [0.15, 0.2) is 5.92 Å². The third-order valence-corrected chi connectivity index (χ3v) is 2.30. The fourth-order valence-electron chi connectivity index (χ4n) is 1.21. The number of halogens is 3. The largest absolute Gasteiger partial charge is 0.469 e. The van der Waals surface area contributed by atoms with Gasteiger partial charge < -0.3 is 9.64 Å². The molecule has 0 fully saturated rings. The first-order valence-electron chi connectivity index (χ1n) is 5.10. The molecule has 0 aliphatic carbocycles. The molecule has 0 aromatic rings. The van der Waals surface area contributed by atoms with Crippen LogP contribution in [0.4, 0.5) is 13.2 Å². The van der Waals surface area contributed by atoms with Crippen molar-refractivity contribution in [3.63, 3.8) is 0 Å². The van der Waals surface area contributed by atoms with E-state index in [1.165, 1.54) is 18.1 Å². The van der Waals surface area contributed by atoms with Gasteiger partial charge in [-0.25, -0.2) is 0 Å². The van der Waals surface area contributed by atoms with E-state index in [1.807, 2.05) is 0 Å². The zero-order valence-corrected chi connectivity index (χ0v) is 9.75. The molecule has 98 valence electrons. The average molecular weight is 252 g/mol. The van der Waals surface area contributed by atoms with Gasteiger partial charge in [-0.05, 0) is 6.54 Å². The minimum atomic E-state index is -4.53. The maximum absolute atomic E-state index is 12.3. The molecule has 0 aromatic heterocycles. The molecule has 0 N–H and O–H groups in total. The second-order valence-corrected chi connectivity index (χ2v) is 3.44. The van der Waals surface area contributed by atoms with Crippen LogP contribution in [0.15, 0.2) is 0 Å². The second-order valence-electron chi connectivity index (χ2n) is 3.44. The van der Waals surface area contributed by atoms with Crippen molar-refractivity contribution in [2.45, 2.75) is 19.5 Å². The number of carbonyl (C=O) groups excluding carboxylic acids is 1. The Labute approximate surface area is 97.9 Å². The molecule has 17 heavy (non-hydrogen) atoms. The van der Waals surface area contributed by atoms with Crippen molar-refractivity contribution in [3.8, 4) is 6.07 Å². The second kappa shape index (κ2) is 7.12. The molecule has 0 rings (SSSR count). The van der Waals surface area contributed by atoms with Gasteiger partial charge in [-0.15, -0.1) is 0 Å². The number of rotatable bonds is 6. The number of nitrogens with zero attached hydrogens (tertiary/aromatic N) is 2. The number of nitriles is 1. The quantitative estimate of drug-likeness (QED) is 0.673. The van der Waals surface area contributed by atoms with E-state index >= 15 is 0 Å². The van der Waals surface area contributed by atoms with Gasteiger partial charge in [0.2, 0.25) is 0 Å². The van der Waals surface area contributed by atoms with Crippen molar-refractivity contribution in [2.75, 3.05) is 26.7 Å². The van der Waals surface area contributed by atoms with E-state index in [1.54, 1.807) is 6.92 Å². The number of hydrogen-bond donors (Lipinski definition) is 0. The molecule has 0 aliphatic rings. The van der Waals surface area contributed by atoms with Crippen LogP contribution < -0.4 is 0 Å². The highest BCUT2D eigenvalue weighted by Crippen LogP contribution is 2.26. The van der Waals surface area contributed by atoms with Crippen molar-refractivity contribution in [3.05, 3.63) is 0 Å². The van der Waals surface area contributed by atoms with E-state index in [-0.39, 0.29) is 13.0 Å². The van der Waals surface area contributed by atoms with Gasteiger partial charge in [-0.3, -0.25) is 4.79 Å². The van der Waals surface area contributed by atoms with Crippen molar-refractivity contribution in [1.82, 2.24) is 4.90 Å². The SMILES string of the molecule is CCN(CCC(=O)OC)CC(C#N)C(F)(F)F. The van der Waals surface area contributed by atoms with Crippen LogP contribution in [0, 0.1) is 17.2 Å². The Hall–Kier alpha value is -1.29. The normalized spacial score (nSPS) is 13.2. The van der Waals surface area contributed by atoms with Crippen LogP contribution in [0.5, 0.6) is 0 Å². The lowest BCUT2D eigenvalue weighted by Gasteiger charge is -2.23. The summed E-state index contributed by atoms with van der Waals surface area (Å²) in [5.74, 6) is -2.51. The van der Waals surface area contributed by atoms with Gasteiger partial charge in [-0.2, -0.15) is 18.4 Å². The molecule has 0 saturated carbocycles. The van der Waals surface area contributed by atoms with Crippen molar-refractivity contribution in [2.24, 2.45) is 5.92 Å². The van der Waals surface area contributed by atoms with Crippen LogP contribution in [0.3, 0.4) is 0 Å². The van der Waals surface area contributed by atoms with E-state index in [0.717, 1.165) is 0 Å². The van der Waals surface area contributed by atoms with Gasteiger partial charge >= 0.3 is 12.1 Å². The molecule has 0 radical (unpaired) electrons. The minimum absolute atomic E-state index is 0.0142.